The molecule has 0 saturated carbocycles. The van der Waals surface area contributed by atoms with Crippen LogP contribution < -0.4 is 10.6 Å². The predicted molar refractivity (Wildman–Crippen MR) is 105 cm³/mol. The van der Waals surface area contributed by atoms with Crippen LogP contribution in [-0.2, 0) is 4.74 Å². The molecule has 3 N–H and O–H groups in total. The molecule has 1 aromatic heterocycles. The Kier molecular flexibility index (Phi) is 7.20. The molecule has 0 bridgehead atoms. The van der Waals surface area contributed by atoms with Gasteiger partial charge in [0.25, 0.3) is 5.91 Å². The molecule has 6 nitrogen and oxygen atoms in total. The number of ether oxygens (including phenoxy) is 1. The number of halogens is 1. The number of H-pyrrole nitrogens is 1. The lowest BCUT2D eigenvalue weighted by Crippen LogP contribution is -2.47. The van der Waals surface area contributed by atoms with Crippen LogP contribution in [0, 0.1) is 12.3 Å². The van der Waals surface area contributed by atoms with Gasteiger partial charge in [-0.1, -0.05) is 29.8 Å². The van der Waals surface area contributed by atoms with Gasteiger partial charge in [0.1, 0.15) is 5.69 Å². The van der Waals surface area contributed by atoms with Gasteiger partial charge in [-0.15, -0.1) is 12.4 Å². The van der Waals surface area contributed by atoms with Gasteiger partial charge in [0.15, 0.2) is 0 Å². The standard InChI is InChI=1S/C19H26N4O2.ClH/c1-14-3-5-15(6-4-14)16-11-17(23-22-16)18(24)21-12-19(13-25-2)7-9-20-10-8-19;/h3-6,11,20H,7-10,12-13H2,1-2H3,(H,21,24)(H,22,23);1H. The van der Waals surface area contributed by atoms with Gasteiger partial charge in [0, 0.05) is 24.6 Å². The minimum Gasteiger partial charge on any atom is -0.384 e. The highest BCUT2D eigenvalue weighted by Crippen LogP contribution is 2.28. The number of aryl methyl sites for hydroxylation is 1. The molecule has 1 fully saturated rings. The van der Waals surface area contributed by atoms with Gasteiger partial charge in [-0.05, 0) is 38.9 Å². The van der Waals surface area contributed by atoms with Gasteiger partial charge in [-0.25, -0.2) is 0 Å². The number of methoxy groups -OCH3 is 1. The van der Waals surface area contributed by atoms with E-state index < -0.39 is 0 Å². The maximum atomic E-state index is 12.5. The molecular formula is C19H27ClN4O2. The van der Waals surface area contributed by atoms with E-state index in [0.29, 0.717) is 18.8 Å². The highest BCUT2D eigenvalue weighted by Gasteiger charge is 2.32. The summed E-state index contributed by atoms with van der Waals surface area (Å²) in [5.41, 5.74) is 3.46. The molecule has 1 aromatic carbocycles. The average molecular weight is 379 g/mol. The normalized spacial score (nSPS) is 15.9. The molecule has 7 heteroatoms. The fourth-order valence-corrected chi connectivity index (χ4v) is 3.31. The number of carbonyl (C=O) groups excluding carboxylic acids is 1. The lowest BCUT2D eigenvalue weighted by atomic mass is 9.79. The first-order chi connectivity index (χ1) is 12.1. The maximum absolute atomic E-state index is 12.5. The second-order valence-corrected chi connectivity index (χ2v) is 6.90. The van der Waals surface area contributed by atoms with Crippen LogP contribution in [0.4, 0.5) is 0 Å². The van der Waals surface area contributed by atoms with Gasteiger partial charge in [-0.2, -0.15) is 5.10 Å². The third-order valence-electron chi connectivity index (χ3n) is 4.91. The van der Waals surface area contributed by atoms with E-state index in [2.05, 4.69) is 20.8 Å². The third-order valence-corrected chi connectivity index (χ3v) is 4.91. The summed E-state index contributed by atoms with van der Waals surface area (Å²) in [5, 5.41) is 13.5. The number of rotatable bonds is 6. The van der Waals surface area contributed by atoms with Crippen molar-refractivity contribution in [3.05, 3.63) is 41.6 Å². The van der Waals surface area contributed by atoms with Crippen LogP contribution >= 0.6 is 12.4 Å². The average Bonchev–Trinajstić information content (AvgIpc) is 3.12. The molecular weight excluding hydrogens is 352 g/mol. The van der Waals surface area contributed by atoms with Crippen molar-refractivity contribution in [1.82, 2.24) is 20.8 Å². The second-order valence-electron chi connectivity index (χ2n) is 6.90. The van der Waals surface area contributed by atoms with Crippen LogP contribution in [0.5, 0.6) is 0 Å². The smallest absolute Gasteiger partial charge is 0.269 e. The third kappa shape index (κ3) is 4.84. The maximum Gasteiger partial charge on any atom is 0.269 e. The van der Waals surface area contributed by atoms with Gasteiger partial charge in [0.2, 0.25) is 0 Å². The zero-order valence-electron chi connectivity index (χ0n) is 15.3. The SMILES string of the molecule is COCC1(CNC(=O)c2cc(-c3ccc(C)cc3)n[nH]2)CCNCC1.Cl. The van der Waals surface area contributed by atoms with E-state index in [-0.39, 0.29) is 23.7 Å². The summed E-state index contributed by atoms with van der Waals surface area (Å²) in [6.07, 6.45) is 2.00. The van der Waals surface area contributed by atoms with Gasteiger partial charge in [-0.3, -0.25) is 9.89 Å². The number of piperidine rings is 1. The molecule has 0 radical (unpaired) electrons. The Morgan fingerprint density at radius 2 is 1.96 bits per heavy atom. The number of nitrogens with one attached hydrogen (secondary N) is 3. The predicted octanol–water partition coefficient (Wildman–Crippen LogP) is 2.55. The van der Waals surface area contributed by atoms with Crippen molar-refractivity contribution in [3.8, 4) is 11.3 Å². The summed E-state index contributed by atoms with van der Waals surface area (Å²) in [5.74, 6) is -0.125. The molecule has 0 spiro atoms. The molecule has 1 amide bonds. The van der Waals surface area contributed by atoms with E-state index in [9.17, 15) is 4.79 Å². The summed E-state index contributed by atoms with van der Waals surface area (Å²) in [6.45, 7) is 5.23. The summed E-state index contributed by atoms with van der Waals surface area (Å²) in [7, 11) is 1.72. The number of carbonyl (C=O) groups is 1. The Morgan fingerprint density at radius 3 is 2.62 bits per heavy atom. The molecule has 0 unspecified atom stereocenters. The summed E-state index contributed by atoms with van der Waals surface area (Å²) in [4.78, 5) is 12.5. The van der Waals surface area contributed by atoms with E-state index in [4.69, 9.17) is 4.74 Å². The van der Waals surface area contributed by atoms with Crippen molar-refractivity contribution in [2.45, 2.75) is 19.8 Å². The Labute approximate surface area is 160 Å². The van der Waals surface area contributed by atoms with Crippen LogP contribution in [0.25, 0.3) is 11.3 Å². The molecule has 1 saturated heterocycles. The van der Waals surface area contributed by atoms with Crippen LogP contribution in [0.3, 0.4) is 0 Å². The number of aromatic amines is 1. The van der Waals surface area contributed by atoms with Crippen molar-refractivity contribution >= 4 is 18.3 Å². The number of hydrogen-bond donors (Lipinski definition) is 3. The zero-order chi connectivity index (χ0) is 17.7. The van der Waals surface area contributed by atoms with E-state index in [1.807, 2.05) is 31.2 Å². The van der Waals surface area contributed by atoms with E-state index in [1.54, 1.807) is 13.2 Å². The Morgan fingerprint density at radius 1 is 1.27 bits per heavy atom. The fourth-order valence-electron chi connectivity index (χ4n) is 3.31. The molecule has 1 aliphatic rings. The van der Waals surface area contributed by atoms with E-state index in [1.165, 1.54) is 5.56 Å². The van der Waals surface area contributed by atoms with E-state index >= 15 is 0 Å². The van der Waals surface area contributed by atoms with Crippen molar-refractivity contribution in [2.24, 2.45) is 5.41 Å². The fraction of sp³-hybridized carbons (Fsp3) is 0.474. The van der Waals surface area contributed by atoms with Crippen LogP contribution in [0.1, 0.15) is 28.9 Å². The summed E-state index contributed by atoms with van der Waals surface area (Å²) >= 11 is 0. The van der Waals surface area contributed by atoms with Crippen LogP contribution in [-0.4, -0.2) is 49.5 Å². The monoisotopic (exact) mass is 378 g/mol. The minimum atomic E-state index is -0.125. The Balaban J connectivity index is 0.00000243. The number of amides is 1. The molecule has 0 atom stereocenters. The van der Waals surface area contributed by atoms with Crippen molar-refractivity contribution < 1.29 is 9.53 Å². The molecule has 1 aliphatic heterocycles. The molecule has 26 heavy (non-hydrogen) atoms. The molecule has 2 heterocycles. The topological polar surface area (TPSA) is 79.0 Å². The van der Waals surface area contributed by atoms with Crippen molar-refractivity contribution in [1.29, 1.82) is 0 Å². The Bertz CT molecular complexity index is 703. The molecule has 3 rings (SSSR count). The quantitative estimate of drug-likeness (QED) is 0.721. The van der Waals surface area contributed by atoms with Crippen molar-refractivity contribution in [2.75, 3.05) is 33.4 Å². The number of hydrogen-bond acceptors (Lipinski definition) is 4. The number of aromatic nitrogens is 2. The zero-order valence-corrected chi connectivity index (χ0v) is 16.1. The van der Waals surface area contributed by atoms with Gasteiger partial charge in [0.05, 0.1) is 12.3 Å². The lowest BCUT2D eigenvalue weighted by Gasteiger charge is -2.37. The number of nitrogens with zero attached hydrogens (tertiary/aromatic N) is 1. The van der Waals surface area contributed by atoms with Crippen LogP contribution in [0.2, 0.25) is 0 Å². The largest absolute Gasteiger partial charge is 0.384 e. The van der Waals surface area contributed by atoms with Gasteiger partial charge < -0.3 is 15.4 Å². The second kappa shape index (κ2) is 9.16. The minimum absolute atomic E-state index is 0. The molecule has 0 aliphatic carbocycles. The Hall–Kier alpha value is -1.89. The highest BCUT2D eigenvalue weighted by molar-refractivity contribution is 5.93. The first-order valence-corrected chi connectivity index (χ1v) is 8.72. The van der Waals surface area contributed by atoms with E-state index in [0.717, 1.165) is 37.2 Å². The summed E-state index contributed by atoms with van der Waals surface area (Å²) < 4.78 is 5.40. The summed E-state index contributed by atoms with van der Waals surface area (Å²) in [6, 6.07) is 9.89. The van der Waals surface area contributed by atoms with Gasteiger partial charge >= 0.3 is 0 Å². The van der Waals surface area contributed by atoms with Crippen molar-refractivity contribution in [3.63, 3.8) is 0 Å². The highest BCUT2D eigenvalue weighted by atomic mass is 35.5. The first-order valence-electron chi connectivity index (χ1n) is 8.72. The molecule has 2 aromatic rings. The van der Waals surface area contributed by atoms with Crippen LogP contribution in [0.15, 0.2) is 30.3 Å². The molecule has 142 valence electrons. The first kappa shape index (κ1) is 20.4. The number of benzene rings is 1. The lowest BCUT2D eigenvalue weighted by molar-refractivity contribution is 0.0510.